The van der Waals surface area contributed by atoms with Crippen molar-refractivity contribution < 1.29 is 4.57 Å². The van der Waals surface area contributed by atoms with E-state index < -0.39 is 0 Å². The minimum absolute atomic E-state index is 0.340. The number of benzene rings is 2. The van der Waals surface area contributed by atoms with Gasteiger partial charge in [0.15, 0.2) is 0 Å². The van der Waals surface area contributed by atoms with Crippen molar-refractivity contribution in [3.8, 4) is 22.4 Å². The second-order valence-electron chi connectivity index (χ2n) is 8.29. The number of aromatic nitrogens is 3. The summed E-state index contributed by atoms with van der Waals surface area (Å²) in [5.41, 5.74) is 9.90. The van der Waals surface area contributed by atoms with E-state index in [4.69, 9.17) is 0 Å². The third kappa shape index (κ3) is 3.53. The summed E-state index contributed by atoms with van der Waals surface area (Å²) in [4.78, 5) is 9.03. The molecule has 2 aromatic heterocycles. The molecule has 0 saturated carbocycles. The van der Waals surface area contributed by atoms with E-state index in [9.17, 15) is 0 Å². The molecule has 4 aromatic rings. The number of hydrogen-bond donors (Lipinski definition) is 0. The number of hydrogen-bond acceptors (Lipinski definition) is 2. The fraction of sp³-hybridized carbons (Fsp3) is 0.269. The van der Waals surface area contributed by atoms with Crippen LogP contribution in [0, 0.1) is 20.8 Å². The minimum atomic E-state index is 0.340. The van der Waals surface area contributed by atoms with Crippen molar-refractivity contribution in [3.63, 3.8) is 0 Å². The Morgan fingerprint density at radius 1 is 0.828 bits per heavy atom. The van der Waals surface area contributed by atoms with Gasteiger partial charge in [0.2, 0.25) is 11.2 Å². The lowest BCUT2D eigenvalue weighted by molar-refractivity contribution is -0.633. The van der Waals surface area contributed by atoms with Gasteiger partial charge in [0.25, 0.3) is 0 Å². The Balaban J connectivity index is 1.80. The van der Waals surface area contributed by atoms with E-state index in [-0.39, 0.29) is 0 Å². The molecule has 0 atom stereocenters. The predicted octanol–water partition coefficient (Wildman–Crippen LogP) is 5.84. The maximum absolute atomic E-state index is 4.52. The van der Waals surface area contributed by atoms with Crippen molar-refractivity contribution in [2.45, 2.75) is 40.5 Å². The highest BCUT2D eigenvalue weighted by atomic mass is 14.9. The fourth-order valence-corrected chi connectivity index (χ4v) is 3.94. The maximum Gasteiger partial charge on any atom is 0.213 e. The van der Waals surface area contributed by atoms with Gasteiger partial charge >= 0.3 is 0 Å². The average molecular weight is 383 g/mol. The quantitative estimate of drug-likeness (QED) is 0.417. The molecule has 0 unspecified atom stereocenters. The second-order valence-corrected chi connectivity index (χ2v) is 8.29. The highest BCUT2D eigenvalue weighted by molar-refractivity contribution is 5.83. The van der Waals surface area contributed by atoms with Crippen molar-refractivity contribution in [1.29, 1.82) is 0 Å². The van der Waals surface area contributed by atoms with E-state index >= 15 is 0 Å². The first-order valence-electron chi connectivity index (χ1n) is 10.2. The van der Waals surface area contributed by atoms with E-state index in [0.29, 0.717) is 5.92 Å². The number of pyridine rings is 1. The molecule has 3 nitrogen and oxygen atoms in total. The molecule has 3 heteroatoms. The monoisotopic (exact) mass is 382 g/mol. The van der Waals surface area contributed by atoms with Crippen LogP contribution in [-0.2, 0) is 7.05 Å². The molecule has 146 valence electrons. The van der Waals surface area contributed by atoms with Crippen molar-refractivity contribution in [2.24, 2.45) is 7.05 Å². The Labute approximate surface area is 173 Å². The minimum Gasteiger partial charge on any atom is -0.240 e. The zero-order valence-corrected chi connectivity index (χ0v) is 18.1. The Morgan fingerprint density at radius 3 is 2.24 bits per heavy atom. The molecule has 0 aliphatic rings. The van der Waals surface area contributed by atoms with Crippen LogP contribution < -0.4 is 4.57 Å². The molecule has 0 fully saturated rings. The molecule has 0 aliphatic heterocycles. The molecular formula is C26H28N3+. The van der Waals surface area contributed by atoms with Crippen molar-refractivity contribution >= 4 is 10.9 Å². The lowest BCUT2D eigenvalue weighted by atomic mass is 9.96. The first kappa shape index (κ1) is 19.3. The molecule has 0 spiro atoms. The highest BCUT2D eigenvalue weighted by Gasteiger charge is 2.17. The van der Waals surface area contributed by atoms with Gasteiger partial charge in [-0.2, -0.15) is 4.57 Å². The maximum atomic E-state index is 4.52. The van der Waals surface area contributed by atoms with Crippen molar-refractivity contribution in [3.05, 3.63) is 77.4 Å². The van der Waals surface area contributed by atoms with Gasteiger partial charge in [-0.3, -0.25) is 0 Å². The molecule has 0 amide bonds. The van der Waals surface area contributed by atoms with Crippen LogP contribution in [0.4, 0.5) is 0 Å². The summed E-state index contributed by atoms with van der Waals surface area (Å²) in [5, 5.41) is 1.21. The van der Waals surface area contributed by atoms with Gasteiger partial charge in [-0.15, -0.1) is 0 Å². The van der Waals surface area contributed by atoms with Gasteiger partial charge in [0.05, 0.1) is 0 Å². The first-order valence-corrected chi connectivity index (χ1v) is 10.2. The topological polar surface area (TPSA) is 29.7 Å². The smallest absolute Gasteiger partial charge is 0.213 e. The molecule has 4 rings (SSSR count). The van der Waals surface area contributed by atoms with Crippen LogP contribution in [-0.4, -0.2) is 9.97 Å². The highest BCUT2D eigenvalue weighted by Crippen LogP contribution is 2.28. The predicted molar refractivity (Wildman–Crippen MR) is 120 cm³/mol. The summed E-state index contributed by atoms with van der Waals surface area (Å²) in [5.74, 6) is 1.22. The largest absolute Gasteiger partial charge is 0.240 e. The zero-order valence-electron chi connectivity index (χ0n) is 18.1. The van der Waals surface area contributed by atoms with Gasteiger partial charge in [0.1, 0.15) is 12.9 Å². The molecule has 29 heavy (non-hydrogen) atoms. The van der Waals surface area contributed by atoms with Gasteiger partial charge < -0.3 is 0 Å². The van der Waals surface area contributed by atoms with Gasteiger partial charge in [-0.05, 0) is 61.7 Å². The standard InChI is InChI=1S/C26H28N3/c1-16(2)26-27-14-22(15-28-26)20-7-9-24-21(13-20)8-10-25(29(24)6)23-12-17(3)11-18(4)19(23)5/h7-16H,1-6H3/q+1. The van der Waals surface area contributed by atoms with E-state index in [1.54, 1.807) is 0 Å². The normalized spacial score (nSPS) is 11.4. The van der Waals surface area contributed by atoms with E-state index in [1.807, 2.05) is 12.4 Å². The molecule has 0 aliphatic carbocycles. The fourth-order valence-electron chi connectivity index (χ4n) is 3.94. The van der Waals surface area contributed by atoms with Gasteiger partial charge in [0, 0.05) is 47.0 Å². The summed E-state index contributed by atoms with van der Waals surface area (Å²) >= 11 is 0. The van der Waals surface area contributed by atoms with Crippen molar-refractivity contribution in [1.82, 2.24) is 9.97 Å². The third-order valence-electron chi connectivity index (χ3n) is 5.78. The van der Waals surface area contributed by atoms with E-state index in [1.165, 1.54) is 38.9 Å². The van der Waals surface area contributed by atoms with Crippen LogP contribution in [0.2, 0.25) is 0 Å². The van der Waals surface area contributed by atoms with Crippen LogP contribution in [0.15, 0.2) is 54.9 Å². The van der Waals surface area contributed by atoms with Crippen LogP contribution >= 0.6 is 0 Å². The molecule has 0 radical (unpaired) electrons. The summed E-state index contributed by atoms with van der Waals surface area (Å²) in [6, 6.07) is 15.6. The van der Waals surface area contributed by atoms with Gasteiger partial charge in [-0.1, -0.05) is 25.5 Å². The third-order valence-corrected chi connectivity index (χ3v) is 5.78. The van der Waals surface area contributed by atoms with E-state index in [2.05, 4.69) is 98.7 Å². The number of rotatable bonds is 3. The molecular weight excluding hydrogens is 354 g/mol. The number of nitrogens with zero attached hydrogens (tertiary/aromatic N) is 3. The van der Waals surface area contributed by atoms with Crippen LogP contribution in [0.3, 0.4) is 0 Å². The Bertz CT molecular complexity index is 1210. The summed E-state index contributed by atoms with van der Waals surface area (Å²) < 4.78 is 2.29. The van der Waals surface area contributed by atoms with Crippen LogP contribution in [0.25, 0.3) is 33.3 Å². The average Bonchev–Trinajstić information content (AvgIpc) is 2.71. The number of fused-ring (bicyclic) bond motifs is 1. The number of aryl methyl sites for hydroxylation is 3. The molecule has 0 bridgehead atoms. The molecule has 0 N–H and O–H groups in total. The summed E-state index contributed by atoms with van der Waals surface area (Å²) in [6.45, 7) is 10.8. The summed E-state index contributed by atoms with van der Waals surface area (Å²) in [6.07, 6.45) is 3.85. The van der Waals surface area contributed by atoms with Crippen LogP contribution in [0.5, 0.6) is 0 Å². The Hall–Kier alpha value is -3.07. The molecule has 2 heterocycles. The second kappa shape index (κ2) is 7.40. The Kier molecular flexibility index (Phi) is 4.91. The lowest BCUT2D eigenvalue weighted by Gasteiger charge is -2.11. The zero-order chi connectivity index (χ0) is 20.7. The Morgan fingerprint density at radius 2 is 1.55 bits per heavy atom. The van der Waals surface area contributed by atoms with E-state index in [0.717, 1.165) is 17.0 Å². The van der Waals surface area contributed by atoms with Gasteiger partial charge in [-0.25, -0.2) is 9.97 Å². The van der Waals surface area contributed by atoms with Crippen LogP contribution in [0.1, 0.15) is 42.3 Å². The lowest BCUT2D eigenvalue weighted by Crippen LogP contribution is -2.32. The molecule has 2 aromatic carbocycles. The summed E-state index contributed by atoms with van der Waals surface area (Å²) in [7, 11) is 2.15. The first-order chi connectivity index (χ1) is 13.8. The SMILES string of the molecule is Cc1cc(C)c(C)c(-c2ccc3cc(-c4cnc(C(C)C)nc4)ccc3[n+]2C)c1. The van der Waals surface area contributed by atoms with Crippen molar-refractivity contribution in [2.75, 3.05) is 0 Å². The molecule has 0 saturated heterocycles.